The Bertz CT molecular complexity index is 1060. The predicted octanol–water partition coefficient (Wildman–Crippen LogP) is 5.21. The van der Waals surface area contributed by atoms with E-state index in [1.54, 1.807) is 30.1 Å². The molecule has 0 unspecified atom stereocenters. The first-order chi connectivity index (χ1) is 16.0. The van der Waals surface area contributed by atoms with Crippen molar-refractivity contribution in [3.63, 3.8) is 0 Å². The van der Waals surface area contributed by atoms with Crippen LogP contribution in [-0.2, 0) is 28.3 Å². The molecule has 0 saturated carbocycles. The van der Waals surface area contributed by atoms with Gasteiger partial charge in [0.1, 0.15) is 11.9 Å². The van der Waals surface area contributed by atoms with Crippen molar-refractivity contribution in [1.82, 2.24) is 10.2 Å². The number of amides is 2. The molecule has 0 saturated heterocycles. The summed E-state index contributed by atoms with van der Waals surface area (Å²) in [6.45, 7) is 0.303. The Balaban J connectivity index is 1.80. The number of rotatable bonds is 10. The number of likely N-dealkylation sites (N-methyl/N-ethyl adjacent to an activating group) is 1. The van der Waals surface area contributed by atoms with Gasteiger partial charge in [0.15, 0.2) is 0 Å². The van der Waals surface area contributed by atoms with Crippen LogP contribution < -0.4 is 5.32 Å². The van der Waals surface area contributed by atoms with Gasteiger partial charge in [-0.2, -0.15) is 0 Å². The third kappa shape index (κ3) is 7.44. The highest BCUT2D eigenvalue weighted by molar-refractivity contribution is 9.10. The molecule has 1 atom stereocenters. The molecule has 0 fully saturated rings. The molecule has 0 radical (unpaired) electrons. The van der Waals surface area contributed by atoms with Gasteiger partial charge in [0.25, 0.3) is 0 Å². The lowest BCUT2D eigenvalue weighted by Crippen LogP contribution is -2.50. The van der Waals surface area contributed by atoms with Crippen molar-refractivity contribution in [3.05, 3.63) is 106 Å². The van der Waals surface area contributed by atoms with Crippen LogP contribution in [0.15, 0.2) is 83.3 Å². The molecule has 7 heteroatoms. The van der Waals surface area contributed by atoms with Gasteiger partial charge in [0.05, 0.1) is 5.75 Å². The minimum Gasteiger partial charge on any atom is -0.357 e. The fourth-order valence-corrected chi connectivity index (χ4v) is 4.61. The minimum atomic E-state index is -0.664. The highest BCUT2D eigenvalue weighted by Crippen LogP contribution is 2.20. The summed E-state index contributed by atoms with van der Waals surface area (Å²) in [6.07, 6.45) is 0.404. The summed E-state index contributed by atoms with van der Waals surface area (Å²) in [5, 5.41) is 2.71. The van der Waals surface area contributed by atoms with Crippen molar-refractivity contribution in [3.8, 4) is 0 Å². The zero-order valence-corrected chi connectivity index (χ0v) is 20.7. The molecule has 172 valence electrons. The molecule has 3 aromatic carbocycles. The van der Waals surface area contributed by atoms with Gasteiger partial charge < -0.3 is 10.2 Å². The van der Waals surface area contributed by atoms with Gasteiger partial charge in [-0.25, -0.2) is 4.39 Å². The van der Waals surface area contributed by atoms with Gasteiger partial charge in [0, 0.05) is 30.2 Å². The van der Waals surface area contributed by atoms with Gasteiger partial charge in [-0.1, -0.05) is 76.6 Å². The molecule has 4 nitrogen and oxygen atoms in total. The molecule has 1 N–H and O–H groups in total. The van der Waals surface area contributed by atoms with E-state index in [0.29, 0.717) is 24.3 Å². The Hall–Kier alpha value is -2.64. The first-order valence-electron chi connectivity index (χ1n) is 10.6. The van der Waals surface area contributed by atoms with Crippen molar-refractivity contribution in [2.24, 2.45) is 0 Å². The maximum absolute atomic E-state index is 13.9. The maximum Gasteiger partial charge on any atom is 0.242 e. The van der Waals surface area contributed by atoms with Crippen LogP contribution >= 0.6 is 27.7 Å². The van der Waals surface area contributed by atoms with Crippen LogP contribution in [0.3, 0.4) is 0 Å². The number of thioether (sulfide) groups is 1. The summed E-state index contributed by atoms with van der Waals surface area (Å²) in [6, 6.07) is 23.2. The highest BCUT2D eigenvalue weighted by Gasteiger charge is 2.29. The third-order valence-electron chi connectivity index (χ3n) is 5.22. The Kier molecular flexibility index (Phi) is 9.51. The normalized spacial score (nSPS) is 11.6. The number of carbonyl (C=O) groups excluding carboxylic acids is 2. The van der Waals surface area contributed by atoms with E-state index in [0.717, 1.165) is 15.6 Å². The SMILES string of the molecule is CNC(=O)[C@@H](Cc1ccccc1)N(Cc1ccc(Br)cc1)C(=O)CSCc1ccccc1F. The molecule has 0 aliphatic rings. The van der Waals surface area contributed by atoms with E-state index in [1.807, 2.05) is 54.6 Å². The molecule has 33 heavy (non-hydrogen) atoms. The zero-order valence-electron chi connectivity index (χ0n) is 18.3. The minimum absolute atomic E-state index is 0.146. The smallest absolute Gasteiger partial charge is 0.242 e. The molecule has 0 aliphatic carbocycles. The number of carbonyl (C=O) groups is 2. The lowest BCUT2D eigenvalue weighted by atomic mass is 10.0. The van der Waals surface area contributed by atoms with Crippen molar-refractivity contribution < 1.29 is 14.0 Å². The summed E-state index contributed by atoms with van der Waals surface area (Å²) < 4.78 is 14.9. The van der Waals surface area contributed by atoms with E-state index in [9.17, 15) is 14.0 Å². The van der Waals surface area contributed by atoms with Crippen LogP contribution in [0.2, 0.25) is 0 Å². The summed E-state index contributed by atoms with van der Waals surface area (Å²) in [4.78, 5) is 27.9. The summed E-state index contributed by atoms with van der Waals surface area (Å²) in [7, 11) is 1.58. The zero-order chi connectivity index (χ0) is 23.6. The fraction of sp³-hybridized carbons (Fsp3) is 0.231. The van der Waals surface area contributed by atoms with Crippen LogP contribution in [0.25, 0.3) is 0 Å². The van der Waals surface area contributed by atoms with E-state index < -0.39 is 6.04 Å². The molecule has 3 rings (SSSR count). The van der Waals surface area contributed by atoms with Gasteiger partial charge in [-0.3, -0.25) is 9.59 Å². The van der Waals surface area contributed by atoms with Gasteiger partial charge in [0.2, 0.25) is 11.8 Å². The highest BCUT2D eigenvalue weighted by atomic mass is 79.9. The predicted molar refractivity (Wildman–Crippen MR) is 135 cm³/mol. The number of halogens is 2. The molecule has 0 aliphatic heterocycles. The van der Waals surface area contributed by atoms with E-state index >= 15 is 0 Å². The fourth-order valence-electron chi connectivity index (χ4n) is 3.45. The second-order valence-corrected chi connectivity index (χ2v) is 9.45. The quantitative estimate of drug-likeness (QED) is 0.393. The Morgan fingerprint density at radius 1 is 0.970 bits per heavy atom. The lowest BCUT2D eigenvalue weighted by Gasteiger charge is -2.31. The van der Waals surface area contributed by atoms with Crippen molar-refractivity contribution in [1.29, 1.82) is 0 Å². The van der Waals surface area contributed by atoms with Gasteiger partial charge in [-0.15, -0.1) is 11.8 Å². The van der Waals surface area contributed by atoms with E-state index in [2.05, 4.69) is 21.2 Å². The van der Waals surface area contributed by atoms with Crippen LogP contribution in [0.5, 0.6) is 0 Å². The van der Waals surface area contributed by atoms with Crippen molar-refractivity contribution >= 4 is 39.5 Å². The molecule has 0 spiro atoms. The van der Waals surface area contributed by atoms with Gasteiger partial charge >= 0.3 is 0 Å². The number of nitrogens with zero attached hydrogens (tertiary/aromatic N) is 1. The van der Waals surface area contributed by atoms with Crippen molar-refractivity contribution in [2.45, 2.75) is 24.8 Å². The Labute approximate surface area is 206 Å². The second-order valence-electron chi connectivity index (χ2n) is 7.55. The van der Waals surface area contributed by atoms with Crippen LogP contribution in [0.4, 0.5) is 4.39 Å². The molecule has 0 heterocycles. The molecule has 3 aromatic rings. The third-order valence-corrected chi connectivity index (χ3v) is 6.72. The summed E-state index contributed by atoms with van der Waals surface area (Å²) in [5.74, 6) is -0.134. The van der Waals surface area contributed by atoms with Gasteiger partial charge in [-0.05, 0) is 34.9 Å². The van der Waals surface area contributed by atoms with Crippen LogP contribution in [0, 0.1) is 5.82 Å². The monoisotopic (exact) mass is 528 g/mol. The number of hydrogen-bond donors (Lipinski definition) is 1. The van der Waals surface area contributed by atoms with E-state index in [4.69, 9.17) is 0 Å². The Morgan fingerprint density at radius 2 is 1.64 bits per heavy atom. The standard InChI is InChI=1S/C26H26BrFN2O2S/c1-29-26(32)24(15-19-7-3-2-4-8-19)30(16-20-11-13-22(27)14-12-20)25(31)18-33-17-21-9-5-6-10-23(21)28/h2-14,24H,15-18H2,1H3,(H,29,32)/t24-/m1/s1. The van der Waals surface area contributed by atoms with E-state index in [1.165, 1.54) is 17.8 Å². The first-order valence-corrected chi connectivity index (χ1v) is 12.5. The average molecular weight is 529 g/mol. The number of benzene rings is 3. The average Bonchev–Trinajstić information content (AvgIpc) is 2.83. The molecule has 0 aromatic heterocycles. The summed E-state index contributed by atoms with van der Waals surface area (Å²) >= 11 is 4.77. The maximum atomic E-state index is 13.9. The first kappa shape index (κ1) is 25.0. The largest absolute Gasteiger partial charge is 0.357 e. The molecule has 0 bridgehead atoms. The second kappa shape index (κ2) is 12.6. The molecular weight excluding hydrogens is 503 g/mol. The number of hydrogen-bond acceptors (Lipinski definition) is 3. The lowest BCUT2D eigenvalue weighted by molar-refractivity contribution is -0.139. The Morgan fingerprint density at radius 3 is 2.30 bits per heavy atom. The number of nitrogens with one attached hydrogen (secondary N) is 1. The van der Waals surface area contributed by atoms with Crippen LogP contribution in [0.1, 0.15) is 16.7 Å². The molecular formula is C26H26BrFN2O2S. The van der Waals surface area contributed by atoms with Crippen LogP contribution in [-0.4, -0.2) is 35.6 Å². The van der Waals surface area contributed by atoms with Crippen molar-refractivity contribution in [2.75, 3.05) is 12.8 Å². The van der Waals surface area contributed by atoms with E-state index in [-0.39, 0.29) is 23.4 Å². The molecule has 2 amide bonds. The summed E-state index contributed by atoms with van der Waals surface area (Å²) in [5.41, 5.74) is 2.45. The topological polar surface area (TPSA) is 49.4 Å².